The topological polar surface area (TPSA) is 256 Å². The van der Waals surface area contributed by atoms with Gasteiger partial charge in [0.05, 0.1) is 13.2 Å². The molecule has 0 aliphatic carbocycles. The first kappa shape index (κ1) is 21.7. The van der Waals surface area contributed by atoms with Gasteiger partial charge >= 0.3 is 11.4 Å². The summed E-state index contributed by atoms with van der Waals surface area (Å²) >= 11 is 0. The molecule has 0 spiro atoms. The number of imidazole rings is 1. The van der Waals surface area contributed by atoms with Gasteiger partial charge in [-0.25, -0.2) is 9.59 Å². The smallest absolute Gasteiger partial charge is 0.327 e. The summed E-state index contributed by atoms with van der Waals surface area (Å²) in [4.78, 5) is 41.0. The van der Waals surface area contributed by atoms with Gasteiger partial charge in [0.15, 0.2) is 0 Å². The summed E-state index contributed by atoms with van der Waals surface area (Å²) < 4.78 is 0. The van der Waals surface area contributed by atoms with Crippen LogP contribution in [0.1, 0.15) is 0 Å². The SMILES string of the molecule is O=c1[nH]c(=O)c2[nH]c(=O)[nH]c2[nH]1.OCC(O)C(O)C(O)C(O)C(O)CO. The third-order valence-corrected chi connectivity index (χ3v) is 3.28. The van der Waals surface area contributed by atoms with Gasteiger partial charge < -0.3 is 35.7 Å². The number of hydrogen-bond donors (Lipinski definition) is 11. The highest BCUT2D eigenvalue weighted by atomic mass is 16.4. The van der Waals surface area contributed by atoms with Crippen molar-refractivity contribution in [2.45, 2.75) is 30.5 Å². The Labute approximate surface area is 143 Å². The minimum Gasteiger partial charge on any atom is -0.394 e. The van der Waals surface area contributed by atoms with Crippen LogP contribution in [-0.2, 0) is 0 Å². The van der Waals surface area contributed by atoms with Gasteiger partial charge in [-0.15, -0.1) is 0 Å². The van der Waals surface area contributed by atoms with Gasteiger partial charge in [0.1, 0.15) is 41.7 Å². The average Bonchev–Trinajstić information content (AvgIpc) is 2.99. The molecule has 2 heterocycles. The van der Waals surface area contributed by atoms with Crippen LogP contribution in [-0.4, -0.2) is 99.4 Å². The number of H-pyrrole nitrogens is 4. The zero-order valence-corrected chi connectivity index (χ0v) is 13.2. The van der Waals surface area contributed by atoms with Gasteiger partial charge in [-0.2, -0.15) is 0 Å². The van der Waals surface area contributed by atoms with Crippen molar-refractivity contribution in [1.82, 2.24) is 19.9 Å². The van der Waals surface area contributed by atoms with E-state index in [9.17, 15) is 14.4 Å². The molecule has 4 unspecified atom stereocenters. The Morgan fingerprint density at radius 3 is 1.50 bits per heavy atom. The van der Waals surface area contributed by atoms with E-state index in [1.54, 1.807) is 0 Å². The van der Waals surface area contributed by atoms with Crippen LogP contribution in [0.15, 0.2) is 14.4 Å². The Morgan fingerprint density at radius 2 is 1.08 bits per heavy atom. The van der Waals surface area contributed by atoms with Crippen molar-refractivity contribution < 1.29 is 35.7 Å². The molecule has 26 heavy (non-hydrogen) atoms. The van der Waals surface area contributed by atoms with Crippen LogP contribution in [0.5, 0.6) is 0 Å². The predicted octanol–water partition coefficient (Wildman–Crippen LogP) is -5.99. The Balaban J connectivity index is 0.000000262. The minimum absolute atomic E-state index is 0.0413. The van der Waals surface area contributed by atoms with Gasteiger partial charge in [0.2, 0.25) is 0 Å². The fourth-order valence-electron chi connectivity index (χ4n) is 1.83. The fourth-order valence-corrected chi connectivity index (χ4v) is 1.83. The molecule has 0 saturated heterocycles. The van der Waals surface area contributed by atoms with E-state index in [0.29, 0.717) is 0 Å². The number of aromatic amines is 4. The highest BCUT2D eigenvalue weighted by Crippen LogP contribution is 2.08. The lowest BCUT2D eigenvalue weighted by Gasteiger charge is -2.27. The van der Waals surface area contributed by atoms with Crippen molar-refractivity contribution in [2.75, 3.05) is 13.2 Å². The molecule has 0 aliphatic heterocycles. The Hall–Kier alpha value is -2.33. The normalized spacial score (nSPS) is 17.0. The van der Waals surface area contributed by atoms with E-state index in [4.69, 9.17) is 35.7 Å². The molecule has 0 saturated carbocycles. The van der Waals surface area contributed by atoms with Crippen LogP contribution >= 0.6 is 0 Å². The molecule has 0 aliphatic rings. The third-order valence-electron chi connectivity index (χ3n) is 3.28. The predicted molar refractivity (Wildman–Crippen MR) is 84.4 cm³/mol. The molecule has 2 rings (SSSR count). The zero-order chi connectivity index (χ0) is 20.0. The summed E-state index contributed by atoms with van der Waals surface area (Å²) in [6, 6.07) is 0. The second-order valence-corrected chi connectivity index (χ2v) is 5.21. The molecule has 14 heteroatoms. The van der Waals surface area contributed by atoms with Gasteiger partial charge in [-0.3, -0.25) is 24.7 Å². The van der Waals surface area contributed by atoms with Crippen LogP contribution in [0.4, 0.5) is 0 Å². The second kappa shape index (κ2) is 9.39. The van der Waals surface area contributed by atoms with Crippen molar-refractivity contribution in [1.29, 1.82) is 0 Å². The molecule has 148 valence electrons. The number of aromatic nitrogens is 4. The van der Waals surface area contributed by atoms with Crippen LogP contribution < -0.4 is 16.9 Å². The molecule has 11 N–H and O–H groups in total. The van der Waals surface area contributed by atoms with E-state index in [-0.39, 0.29) is 11.2 Å². The van der Waals surface area contributed by atoms with Crippen LogP contribution in [0.25, 0.3) is 11.2 Å². The summed E-state index contributed by atoms with van der Waals surface area (Å²) in [6.45, 7) is -1.58. The first-order chi connectivity index (χ1) is 12.1. The van der Waals surface area contributed by atoms with Crippen LogP contribution in [0.2, 0.25) is 0 Å². The summed E-state index contributed by atoms with van der Waals surface area (Å²) in [5.74, 6) is 0. The van der Waals surface area contributed by atoms with Crippen molar-refractivity contribution in [2.24, 2.45) is 0 Å². The first-order valence-electron chi connectivity index (χ1n) is 7.19. The maximum atomic E-state index is 10.9. The monoisotopic (exact) mass is 380 g/mol. The number of hydrogen-bond acceptors (Lipinski definition) is 10. The maximum absolute atomic E-state index is 10.9. The van der Waals surface area contributed by atoms with E-state index in [0.717, 1.165) is 0 Å². The molecular weight excluding hydrogens is 360 g/mol. The summed E-state index contributed by atoms with van der Waals surface area (Å²) in [5, 5.41) is 61.9. The summed E-state index contributed by atoms with van der Waals surface area (Å²) in [7, 11) is 0. The Bertz CT molecular complexity index is 838. The molecule has 0 radical (unpaired) electrons. The first-order valence-corrected chi connectivity index (χ1v) is 7.19. The van der Waals surface area contributed by atoms with Gasteiger partial charge in [-0.05, 0) is 0 Å². The van der Waals surface area contributed by atoms with E-state index in [1.807, 2.05) is 4.98 Å². The van der Waals surface area contributed by atoms with Crippen molar-refractivity contribution in [3.8, 4) is 0 Å². The molecule has 4 atom stereocenters. The number of aliphatic hydroxyl groups is 7. The number of fused-ring (bicyclic) bond motifs is 1. The van der Waals surface area contributed by atoms with E-state index in [2.05, 4.69) is 15.0 Å². The quantitative estimate of drug-likeness (QED) is 0.226. The second-order valence-electron chi connectivity index (χ2n) is 5.21. The van der Waals surface area contributed by atoms with E-state index in [1.165, 1.54) is 0 Å². The molecule has 0 fully saturated rings. The lowest BCUT2D eigenvalue weighted by Crippen LogP contribution is -2.50. The molecule has 0 aromatic carbocycles. The van der Waals surface area contributed by atoms with Crippen molar-refractivity contribution >= 4 is 11.2 Å². The van der Waals surface area contributed by atoms with Gasteiger partial charge in [0, 0.05) is 0 Å². The lowest BCUT2D eigenvalue weighted by molar-refractivity contribution is -0.145. The molecule has 2 aromatic rings. The highest BCUT2D eigenvalue weighted by Gasteiger charge is 2.33. The van der Waals surface area contributed by atoms with E-state index >= 15 is 0 Å². The van der Waals surface area contributed by atoms with Crippen molar-refractivity contribution in [3.63, 3.8) is 0 Å². The maximum Gasteiger partial charge on any atom is 0.327 e. The number of nitrogens with one attached hydrogen (secondary N) is 4. The third kappa shape index (κ3) is 5.33. The van der Waals surface area contributed by atoms with Crippen LogP contribution in [0.3, 0.4) is 0 Å². The average molecular weight is 380 g/mol. The van der Waals surface area contributed by atoms with Crippen molar-refractivity contribution in [3.05, 3.63) is 31.3 Å². The Kier molecular flexibility index (Phi) is 7.84. The Morgan fingerprint density at radius 1 is 0.654 bits per heavy atom. The zero-order valence-electron chi connectivity index (χ0n) is 13.2. The molecule has 0 amide bonds. The highest BCUT2D eigenvalue weighted by molar-refractivity contribution is 5.67. The minimum atomic E-state index is -1.85. The summed E-state index contributed by atoms with van der Waals surface area (Å²) in [6.07, 6.45) is -8.68. The molecule has 0 bridgehead atoms. The molecular formula is C12H20N4O10. The van der Waals surface area contributed by atoms with E-state index < -0.39 is 60.7 Å². The summed E-state index contributed by atoms with van der Waals surface area (Å²) in [5.41, 5.74) is -1.65. The fraction of sp³-hybridized carbons (Fsp3) is 0.583. The van der Waals surface area contributed by atoms with Gasteiger partial charge in [-0.1, -0.05) is 0 Å². The standard InChI is InChI=1S/C7H16O7.C5H4N4O3/c8-1-3(10)5(12)7(14)6(13)4(11)2-9;10-3-1-2(7-4(11)6-1)8-5(12)9-3/h3-14H,1-2H2;(H4,6,7,8,9,10,11,12). The van der Waals surface area contributed by atoms with Crippen LogP contribution in [0, 0.1) is 0 Å². The number of rotatable bonds is 6. The number of aliphatic hydroxyl groups excluding tert-OH is 7. The molecule has 2 aromatic heterocycles. The largest absolute Gasteiger partial charge is 0.394 e. The van der Waals surface area contributed by atoms with Gasteiger partial charge in [0.25, 0.3) is 5.56 Å². The molecule has 14 nitrogen and oxygen atoms in total. The lowest BCUT2D eigenvalue weighted by atomic mass is 10.00.